The molecule has 7 nitrogen and oxygen atoms in total. The molecular formula is C14H7N3O4S. The minimum absolute atomic E-state index is 0.215. The number of fused-ring (bicyclic) bond motifs is 3. The summed E-state index contributed by atoms with van der Waals surface area (Å²) in [6.45, 7) is 0. The average Bonchev–Trinajstić information content (AvgIpc) is 3.16. The monoisotopic (exact) mass is 313 g/mol. The molecule has 3 aromatic heterocycles. The fourth-order valence-electron chi connectivity index (χ4n) is 2.26. The lowest BCUT2D eigenvalue weighted by Gasteiger charge is -1.86. The van der Waals surface area contributed by atoms with E-state index in [-0.39, 0.29) is 17.2 Å². The van der Waals surface area contributed by atoms with Crippen molar-refractivity contribution in [3.63, 3.8) is 0 Å². The van der Waals surface area contributed by atoms with E-state index in [1.807, 2.05) is 24.3 Å². The molecule has 0 bridgehead atoms. The molecule has 0 aliphatic rings. The average molecular weight is 313 g/mol. The van der Waals surface area contributed by atoms with Crippen LogP contribution in [0.25, 0.3) is 22.1 Å². The van der Waals surface area contributed by atoms with Gasteiger partial charge in [-0.3, -0.25) is 14.9 Å². The number of imidazole rings is 1. The molecule has 0 aliphatic carbocycles. The van der Waals surface area contributed by atoms with E-state index < -0.39 is 4.92 Å². The standard InChI is InChI=1S/C14H7N3O4S/c18-13-11(7-8-5-6-12(21-8)17(19)20)22-14-15-9-3-1-2-4-10(9)16(13)14/h1-7H/b11-7-. The largest absolute Gasteiger partial charge is 0.433 e. The molecule has 1 aromatic carbocycles. The van der Waals surface area contributed by atoms with Crippen LogP contribution < -0.4 is 10.1 Å². The highest BCUT2D eigenvalue weighted by molar-refractivity contribution is 7.15. The van der Waals surface area contributed by atoms with Crippen LogP contribution in [-0.2, 0) is 0 Å². The Hall–Kier alpha value is -3.00. The number of hydrogen-bond acceptors (Lipinski definition) is 6. The molecule has 0 N–H and O–H groups in total. The van der Waals surface area contributed by atoms with E-state index in [0.717, 1.165) is 11.0 Å². The number of furan rings is 1. The summed E-state index contributed by atoms with van der Waals surface area (Å²) in [5.41, 5.74) is 1.28. The minimum Gasteiger partial charge on any atom is -0.401 e. The second kappa shape index (κ2) is 4.50. The van der Waals surface area contributed by atoms with Gasteiger partial charge in [-0.05, 0) is 18.2 Å². The maximum Gasteiger partial charge on any atom is 0.433 e. The van der Waals surface area contributed by atoms with Crippen molar-refractivity contribution in [3.8, 4) is 0 Å². The predicted octanol–water partition coefficient (Wildman–Crippen LogP) is 1.96. The van der Waals surface area contributed by atoms with Crippen molar-refractivity contribution in [2.24, 2.45) is 0 Å². The van der Waals surface area contributed by atoms with Crippen molar-refractivity contribution in [3.05, 3.63) is 67.2 Å². The second-order valence-corrected chi connectivity index (χ2v) is 5.58. The summed E-state index contributed by atoms with van der Waals surface area (Å²) in [6, 6.07) is 10.1. The maximum absolute atomic E-state index is 12.5. The van der Waals surface area contributed by atoms with Crippen molar-refractivity contribution in [2.45, 2.75) is 0 Å². The molecule has 0 amide bonds. The van der Waals surface area contributed by atoms with Gasteiger partial charge < -0.3 is 4.42 Å². The van der Waals surface area contributed by atoms with Gasteiger partial charge in [-0.2, -0.15) is 0 Å². The topological polar surface area (TPSA) is 90.6 Å². The highest BCUT2D eigenvalue weighted by Gasteiger charge is 2.13. The Morgan fingerprint density at radius 2 is 2.09 bits per heavy atom. The van der Waals surface area contributed by atoms with Crippen LogP contribution in [0, 0.1) is 10.1 Å². The molecule has 8 heteroatoms. The molecule has 0 unspecified atom stereocenters. The van der Waals surface area contributed by atoms with Gasteiger partial charge in [0.15, 0.2) is 4.96 Å². The molecule has 0 radical (unpaired) electrons. The van der Waals surface area contributed by atoms with Gasteiger partial charge in [0.2, 0.25) is 0 Å². The Morgan fingerprint density at radius 3 is 2.86 bits per heavy atom. The van der Waals surface area contributed by atoms with Crippen LogP contribution in [0.5, 0.6) is 0 Å². The molecule has 3 heterocycles. The fraction of sp³-hybridized carbons (Fsp3) is 0. The van der Waals surface area contributed by atoms with Crippen LogP contribution in [0.3, 0.4) is 0 Å². The van der Waals surface area contributed by atoms with Crippen molar-refractivity contribution in [1.29, 1.82) is 0 Å². The molecule has 0 fully saturated rings. The number of para-hydroxylation sites is 2. The molecule has 0 saturated carbocycles. The van der Waals surface area contributed by atoms with Crippen LogP contribution in [0.4, 0.5) is 5.88 Å². The van der Waals surface area contributed by atoms with Crippen LogP contribution in [-0.4, -0.2) is 14.3 Å². The summed E-state index contributed by atoms with van der Waals surface area (Å²) in [5.74, 6) is -0.0944. The molecule has 4 aromatic rings. The molecule has 4 rings (SSSR count). The SMILES string of the molecule is O=c1/c(=C/c2ccc([N+](=O)[O-])o2)sc2nc3ccccc3n12. The van der Waals surface area contributed by atoms with Gasteiger partial charge in [-0.15, -0.1) is 0 Å². The number of aromatic nitrogens is 2. The van der Waals surface area contributed by atoms with Gasteiger partial charge in [-0.25, -0.2) is 9.38 Å². The summed E-state index contributed by atoms with van der Waals surface area (Å²) < 4.78 is 6.99. The molecule has 108 valence electrons. The van der Waals surface area contributed by atoms with Gasteiger partial charge in [0.25, 0.3) is 5.56 Å². The van der Waals surface area contributed by atoms with Gasteiger partial charge in [0.1, 0.15) is 15.2 Å². The molecular weight excluding hydrogens is 306 g/mol. The summed E-state index contributed by atoms with van der Waals surface area (Å²) >= 11 is 1.22. The summed E-state index contributed by atoms with van der Waals surface area (Å²) in [6.07, 6.45) is 1.49. The van der Waals surface area contributed by atoms with Gasteiger partial charge in [0, 0.05) is 6.08 Å². The first-order valence-corrected chi connectivity index (χ1v) is 7.11. The lowest BCUT2D eigenvalue weighted by Crippen LogP contribution is -2.22. The zero-order valence-electron chi connectivity index (χ0n) is 10.9. The molecule has 22 heavy (non-hydrogen) atoms. The first-order chi connectivity index (χ1) is 10.6. The number of thiazole rings is 1. The maximum atomic E-state index is 12.5. The molecule has 0 spiro atoms. The fourth-order valence-corrected chi connectivity index (χ4v) is 3.23. The molecule has 0 aliphatic heterocycles. The van der Waals surface area contributed by atoms with E-state index in [4.69, 9.17) is 4.42 Å². The summed E-state index contributed by atoms with van der Waals surface area (Å²) in [7, 11) is 0. The number of nitro groups is 1. The first kappa shape index (κ1) is 12.7. The van der Waals surface area contributed by atoms with E-state index >= 15 is 0 Å². The van der Waals surface area contributed by atoms with Crippen molar-refractivity contribution >= 4 is 39.3 Å². The Morgan fingerprint density at radius 1 is 1.27 bits per heavy atom. The van der Waals surface area contributed by atoms with E-state index in [9.17, 15) is 14.9 Å². The second-order valence-electron chi connectivity index (χ2n) is 4.57. The number of nitrogens with zero attached hydrogens (tertiary/aromatic N) is 3. The van der Waals surface area contributed by atoms with Crippen LogP contribution in [0.15, 0.2) is 45.6 Å². The van der Waals surface area contributed by atoms with E-state index in [1.54, 1.807) is 0 Å². The quantitative estimate of drug-likeness (QED) is 0.417. The third kappa shape index (κ3) is 1.81. The highest BCUT2D eigenvalue weighted by atomic mass is 32.1. The van der Waals surface area contributed by atoms with Gasteiger partial charge in [-0.1, -0.05) is 23.5 Å². The smallest absolute Gasteiger partial charge is 0.401 e. The lowest BCUT2D eigenvalue weighted by atomic mass is 10.3. The summed E-state index contributed by atoms with van der Waals surface area (Å²) in [5, 5.41) is 10.6. The van der Waals surface area contributed by atoms with Crippen molar-refractivity contribution < 1.29 is 9.34 Å². The van der Waals surface area contributed by atoms with Crippen molar-refractivity contribution in [1.82, 2.24) is 9.38 Å². The minimum atomic E-state index is -0.621. The summed E-state index contributed by atoms with van der Waals surface area (Å²) in [4.78, 5) is 27.4. The Bertz CT molecular complexity index is 1140. The number of benzene rings is 1. The molecule has 0 saturated heterocycles. The Labute approximate surface area is 125 Å². The lowest BCUT2D eigenvalue weighted by molar-refractivity contribution is -0.402. The highest BCUT2D eigenvalue weighted by Crippen LogP contribution is 2.17. The number of hydrogen-bond donors (Lipinski definition) is 0. The van der Waals surface area contributed by atoms with E-state index in [2.05, 4.69) is 4.98 Å². The van der Waals surface area contributed by atoms with Crippen LogP contribution >= 0.6 is 11.3 Å². The zero-order chi connectivity index (χ0) is 15.3. The van der Waals surface area contributed by atoms with E-state index in [0.29, 0.717) is 9.49 Å². The predicted molar refractivity (Wildman–Crippen MR) is 81.0 cm³/mol. The van der Waals surface area contributed by atoms with Crippen molar-refractivity contribution in [2.75, 3.05) is 0 Å². The Kier molecular flexibility index (Phi) is 2.60. The first-order valence-electron chi connectivity index (χ1n) is 6.29. The normalized spacial score (nSPS) is 12.5. The third-order valence-corrected chi connectivity index (χ3v) is 4.18. The van der Waals surface area contributed by atoms with Crippen LogP contribution in [0.2, 0.25) is 0 Å². The number of rotatable bonds is 2. The molecule has 0 atom stereocenters. The zero-order valence-corrected chi connectivity index (χ0v) is 11.7. The van der Waals surface area contributed by atoms with E-state index in [1.165, 1.54) is 33.9 Å². The van der Waals surface area contributed by atoms with Crippen LogP contribution in [0.1, 0.15) is 5.76 Å². The van der Waals surface area contributed by atoms with Gasteiger partial charge in [0.05, 0.1) is 17.1 Å². The third-order valence-electron chi connectivity index (χ3n) is 3.21. The Balaban J connectivity index is 1.95. The van der Waals surface area contributed by atoms with Gasteiger partial charge >= 0.3 is 5.88 Å².